The number of halogens is 1. The molecule has 1 aliphatic carbocycles. The number of nitrogens with zero attached hydrogens (tertiary/aromatic N) is 1. The Morgan fingerprint density at radius 1 is 1.10 bits per heavy atom. The Labute approximate surface area is 175 Å². The van der Waals surface area contributed by atoms with E-state index in [0.29, 0.717) is 28.0 Å². The molecule has 146 valence electrons. The Morgan fingerprint density at radius 2 is 1.83 bits per heavy atom. The molecule has 1 aromatic heterocycles. The van der Waals surface area contributed by atoms with Crippen LogP contribution in [0.2, 0.25) is 5.02 Å². The van der Waals surface area contributed by atoms with Gasteiger partial charge in [-0.2, -0.15) is 0 Å². The molecule has 1 aliphatic rings. The van der Waals surface area contributed by atoms with Gasteiger partial charge in [0.1, 0.15) is 5.69 Å². The topological polar surface area (TPSA) is 55.1 Å². The zero-order chi connectivity index (χ0) is 20.1. The molecule has 3 aromatic rings. The molecule has 4 rings (SSSR count). The quantitative estimate of drug-likeness (QED) is 0.587. The number of amides is 1. The summed E-state index contributed by atoms with van der Waals surface area (Å²) >= 11 is 5.91. The number of hydrogen-bond acceptors (Lipinski definition) is 3. The zero-order valence-electron chi connectivity index (χ0n) is 16.0. The Kier molecular flexibility index (Phi) is 5.97. The fraction of sp³-hybridized carbons (Fsp3) is 0.250. The Hall–Kier alpha value is -3.03. The van der Waals surface area contributed by atoms with E-state index in [4.69, 9.17) is 16.1 Å². The Balaban J connectivity index is 1.33. The third kappa shape index (κ3) is 5.07. The van der Waals surface area contributed by atoms with Crippen molar-refractivity contribution < 1.29 is 9.32 Å². The number of aromatic nitrogens is 1. The van der Waals surface area contributed by atoms with Gasteiger partial charge < -0.3 is 9.84 Å². The van der Waals surface area contributed by atoms with E-state index in [2.05, 4.69) is 22.3 Å². The second-order valence-electron chi connectivity index (χ2n) is 7.20. The first kappa shape index (κ1) is 19.3. The van der Waals surface area contributed by atoms with E-state index in [9.17, 15) is 4.79 Å². The maximum absolute atomic E-state index is 12.4. The molecule has 2 aromatic carbocycles. The van der Waals surface area contributed by atoms with E-state index in [1.807, 2.05) is 30.3 Å². The van der Waals surface area contributed by atoms with Crippen molar-refractivity contribution in [3.05, 3.63) is 76.5 Å². The SMILES string of the molecule is O=C(NCc1cc(-c2ccc(Cl)cc2)no1)c1ccc(C#CC2CCCC2)cc1. The van der Waals surface area contributed by atoms with Crippen LogP contribution in [0.4, 0.5) is 0 Å². The van der Waals surface area contributed by atoms with Crippen LogP contribution in [0.5, 0.6) is 0 Å². The minimum Gasteiger partial charge on any atom is -0.359 e. The molecule has 0 bridgehead atoms. The normalized spacial score (nSPS) is 13.7. The average molecular weight is 405 g/mol. The van der Waals surface area contributed by atoms with Gasteiger partial charge in [0.2, 0.25) is 0 Å². The van der Waals surface area contributed by atoms with Crippen LogP contribution in [0.25, 0.3) is 11.3 Å². The molecular formula is C24H21ClN2O2. The lowest BCUT2D eigenvalue weighted by Gasteiger charge is -2.03. The molecule has 1 amide bonds. The van der Waals surface area contributed by atoms with Crippen molar-refractivity contribution in [2.75, 3.05) is 0 Å². The van der Waals surface area contributed by atoms with E-state index < -0.39 is 0 Å². The highest BCUT2D eigenvalue weighted by Crippen LogP contribution is 2.24. The molecule has 1 fully saturated rings. The maximum atomic E-state index is 12.4. The van der Waals surface area contributed by atoms with Gasteiger partial charge in [-0.15, -0.1) is 0 Å². The summed E-state index contributed by atoms with van der Waals surface area (Å²) < 4.78 is 5.32. The first-order valence-corrected chi connectivity index (χ1v) is 10.2. The van der Waals surface area contributed by atoms with Crippen LogP contribution in [-0.2, 0) is 6.54 Å². The van der Waals surface area contributed by atoms with Gasteiger partial charge in [-0.3, -0.25) is 4.79 Å². The minimum absolute atomic E-state index is 0.162. The van der Waals surface area contributed by atoms with Crippen LogP contribution < -0.4 is 5.32 Å². The third-order valence-corrected chi connectivity index (χ3v) is 5.30. The number of nitrogens with one attached hydrogen (secondary N) is 1. The standard InChI is InChI=1S/C24H21ClN2O2/c25-21-13-11-19(12-14-21)23-15-22(29-27-23)16-26-24(28)20-9-7-18(8-10-20)6-5-17-3-1-2-4-17/h7-15,17H,1-4,16H2,(H,26,28). The third-order valence-electron chi connectivity index (χ3n) is 5.05. The molecule has 0 aliphatic heterocycles. The first-order valence-electron chi connectivity index (χ1n) is 9.79. The van der Waals surface area contributed by atoms with Gasteiger partial charge in [-0.05, 0) is 49.2 Å². The van der Waals surface area contributed by atoms with Gasteiger partial charge in [-0.25, -0.2) is 0 Å². The van der Waals surface area contributed by atoms with E-state index in [1.165, 1.54) is 25.7 Å². The maximum Gasteiger partial charge on any atom is 0.251 e. The van der Waals surface area contributed by atoms with Gasteiger partial charge in [0.15, 0.2) is 5.76 Å². The monoisotopic (exact) mass is 404 g/mol. The van der Waals surface area contributed by atoms with Crippen molar-refractivity contribution in [3.8, 4) is 23.1 Å². The van der Waals surface area contributed by atoms with Crippen LogP contribution in [0.15, 0.2) is 59.1 Å². The first-order chi connectivity index (χ1) is 14.2. The van der Waals surface area contributed by atoms with E-state index in [0.717, 1.165) is 11.1 Å². The minimum atomic E-state index is -0.162. The summed E-state index contributed by atoms with van der Waals surface area (Å²) in [6, 6.07) is 16.5. The number of benzene rings is 2. The van der Waals surface area contributed by atoms with Crippen LogP contribution in [-0.4, -0.2) is 11.1 Å². The molecule has 4 nitrogen and oxygen atoms in total. The summed E-state index contributed by atoms with van der Waals surface area (Å²) in [6.45, 7) is 0.267. The summed E-state index contributed by atoms with van der Waals surface area (Å²) in [5.74, 6) is 7.50. The summed E-state index contributed by atoms with van der Waals surface area (Å²) in [5, 5.41) is 7.57. The second kappa shape index (κ2) is 8.98. The number of carbonyl (C=O) groups is 1. The van der Waals surface area contributed by atoms with E-state index in [1.54, 1.807) is 24.3 Å². The number of rotatable bonds is 4. The molecule has 0 radical (unpaired) electrons. The van der Waals surface area contributed by atoms with Gasteiger partial charge in [-0.1, -0.05) is 53.6 Å². The van der Waals surface area contributed by atoms with Crippen molar-refractivity contribution in [1.82, 2.24) is 10.5 Å². The summed E-state index contributed by atoms with van der Waals surface area (Å²) in [6.07, 6.45) is 4.97. The predicted molar refractivity (Wildman–Crippen MR) is 113 cm³/mol. The zero-order valence-corrected chi connectivity index (χ0v) is 16.7. The molecule has 5 heteroatoms. The molecule has 29 heavy (non-hydrogen) atoms. The van der Waals surface area contributed by atoms with E-state index in [-0.39, 0.29) is 12.5 Å². The summed E-state index contributed by atoms with van der Waals surface area (Å²) in [7, 11) is 0. The lowest BCUT2D eigenvalue weighted by molar-refractivity contribution is 0.0947. The van der Waals surface area contributed by atoms with Gasteiger partial charge in [0.25, 0.3) is 5.91 Å². The lowest BCUT2D eigenvalue weighted by Crippen LogP contribution is -2.22. The fourth-order valence-electron chi connectivity index (χ4n) is 3.38. The van der Waals surface area contributed by atoms with Crippen molar-refractivity contribution in [2.24, 2.45) is 5.92 Å². The Morgan fingerprint density at radius 3 is 2.55 bits per heavy atom. The van der Waals surface area contributed by atoms with E-state index >= 15 is 0 Å². The van der Waals surface area contributed by atoms with Gasteiger partial charge in [0, 0.05) is 33.7 Å². The molecule has 1 N–H and O–H groups in total. The van der Waals surface area contributed by atoms with Crippen LogP contribution in [0, 0.1) is 17.8 Å². The van der Waals surface area contributed by atoms with Crippen LogP contribution in [0.3, 0.4) is 0 Å². The average Bonchev–Trinajstić information content (AvgIpc) is 3.44. The molecule has 0 saturated heterocycles. The second-order valence-corrected chi connectivity index (χ2v) is 7.63. The van der Waals surface area contributed by atoms with Crippen molar-refractivity contribution >= 4 is 17.5 Å². The van der Waals surface area contributed by atoms with Crippen molar-refractivity contribution in [2.45, 2.75) is 32.2 Å². The number of hydrogen-bond donors (Lipinski definition) is 1. The van der Waals surface area contributed by atoms with Gasteiger partial charge >= 0.3 is 0 Å². The molecule has 0 unspecified atom stereocenters. The number of carbonyl (C=O) groups excluding carboxylic acids is 1. The van der Waals surface area contributed by atoms with Crippen molar-refractivity contribution in [1.29, 1.82) is 0 Å². The molecular weight excluding hydrogens is 384 g/mol. The molecule has 1 heterocycles. The highest BCUT2D eigenvalue weighted by atomic mass is 35.5. The predicted octanol–water partition coefficient (Wildman–Crippen LogP) is 5.47. The van der Waals surface area contributed by atoms with Gasteiger partial charge in [0.05, 0.1) is 6.54 Å². The smallest absolute Gasteiger partial charge is 0.251 e. The largest absolute Gasteiger partial charge is 0.359 e. The fourth-order valence-corrected chi connectivity index (χ4v) is 3.51. The molecule has 1 saturated carbocycles. The lowest BCUT2D eigenvalue weighted by atomic mass is 10.1. The highest BCUT2D eigenvalue weighted by molar-refractivity contribution is 6.30. The molecule has 0 atom stereocenters. The van der Waals surface area contributed by atoms with Crippen LogP contribution >= 0.6 is 11.6 Å². The van der Waals surface area contributed by atoms with Crippen LogP contribution in [0.1, 0.15) is 47.4 Å². The summed E-state index contributed by atoms with van der Waals surface area (Å²) in [5.41, 5.74) is 3.14. The van der Waals surface area contributed by atoms with Crippen molar-refractivity contribution in [3.63, 3.8) is 0 Å². The Bertz CT molecular complexity index is 1040. The summed E-state index contributed by atoms with van der Waals surface area (Å²) in [4.78, 5) is 12.4. The molecule has 0 spiro atoms. The highest BCUT2D eigenvalue weighted by Gasteiger charge is 2.12.